The van der Waals surface area contributed by atoms with Crippen LogP contribution in [0.1, 0.15) is 18.9 Å². The predicted octanol–water partition coefficient (Wildman–Crippen LogP) is 0.592. The quantitative estimate of drug-likeness (QED) is 0.740. The summed E-state index contributed by atoms with van der Waals surface area (Å²) in [6.07, 6.45) is 5.05. The molecule has 4 heteroatoms. The highest BCUT2D eigenvalue weighted by molar-refractivity contribution is 5.02. The van der Waals surface area contributed by atoms with E-state index in [0.717, 1.165) is 13.1 Å². The molecule has 1 aliphatic rings. The first-order chi connectivity index (χ1) is 6.75. The third-order valence-electron chi connectivity index (χ3n) is 3.04. The summed E-state index contributed by atoms with van der Waals surface area (Å²) in [4.78, 5) is 2.40. The fourth-order valence-corrected chi connectivity index (χ4v) is 1.98. The summed E-state index contributed by atoms with van der Waals surface area (Å²) in [5.41, 5.74) is 1.23. The first-order valence-electron chi connectivity index (χ1n) is 5.17. The summed E-state index contributed by atoms with van der Waals surface area (Å²) in [6, 6.07) is 1.33. The topological polar surface area (TPSA) is 44.0 Å². The lowest BCUT2D eigenvalue weighted by atomic mass is 10.2. The van der Waals surface area contributed by atoms with Crippen molar-refractivity contribution >= 4 is 0 Å². The van der Waals surface area contributed by atoms with Crippen molar-refractivity contribution < 1.29 is 0 Å². The van der Waals surface area contributed by atoms with Gasteiger partial charge in [-0.05, 0) is 20.4 Å². The zero-order valence-electron chi connectivity index (χ0n) is 8.83. The fraction of sp³-hybridized carbons (Fsp3) is 0.700. The van der Waals surface area contributed by atoms with Gasteiger partial charge in [-0.25, -0.2) is 0 Å². The number of aromatic nitrogens is 2. The number of hydrogen-bond donors (Lipinski definition) is 2. The highest BCUT2D eigenvalue weighted by Crippen LogP contribution is 2.14. The van der Waals surface area contributed by atoms with Crippen LogP contribution in [-0.4, -0.2) is 40.8 Å². The highest BCUT2D eigenvalue weighted by atomic mass is 15.2. The summed E-state index contributed by atoms with van der Waals surface area (Å²) >= 11 is 0. The molecule has 2 N–H and O–H groups in total. The van der Waals surface area contributed by atoms with Gasteiger partial charge in [-0.1, -0.05) is 0 Å². The summed E-state index contributed by atoms with van der Waals surface area (Å²) in [5.74, 6) is 0. The van der Waals surface area contributed by atoms with Crippen molar-refractivity contribution in [2.45, 2.75) is 32.0 Å². The van der Waals surface area contributed by atoms with Crippen LogP contribution in [0.15, 0.2) is 12.4 Å². The van der Waals surface area contributed by atoms with E-state index in [1.807, 2.05) is 12.4 Å². The number of likely N-dealkylation sites (tertiary alicyclic amines) is 1. The molecule has 2 rings (SSSR count). The van der Waals surface area contributed by atoms with Gasteiger partial charge in [-0.15, -0.1) is 0 Å². The van der Waals surface area contributed by atoms with E-state index in [1.165, 1.54) is 12.0 Å². The van der Waals surface area contributed by atoms with Crippen molar-refractivity contribution in [2.75, 3.05) is 13.6 Å². The van der Waals surface area contributed by atoms with Gasteiger partial charge in [-0.2, -0.15) is 5.10 Å². The summed E-state index contributed by atoms with van der Waals surface area (Å²) in [5, 5.41) is 10.3. The molecule has 4 nitrogen and oxygen atoms in total. The second-order valence-corrected chi connectivity index (χ2v) is 4.21. The van der Waals surface area contributed by atoms with Crippen LogP contribution in [0, 0.1) is 0 Å². The maximum atomic E-state index is 3.92. The van der Waals surface area contributed by atoms with Crippen molar-refractivity contribution in [3.8, 4) is 0 Å². The van der Waals surface area contributed by atoms with Gasteiger partial charge in [0.25, 0.3) is 0 Å². The van der Waals surface area contributed by atoms with Gasteiger partial charge in [0.05, 0.1) is 6.20 Å². The van der Waals surface area contributed by atoms with Crippen molar-refractivity contribution in [3.63, 3.8) is 0 Å². The number of nitrogens with zero attached hydrogens (tertiary/aromatic N) is 2. The van der Waals surface area contributed by atoms with Gasteiger partial charge >= 0.3 is 0 Å². The lowest BCUT2D eigenvalue weighted by Crippen LogP contribution is -2.30. The van der Waals surface area contributed by atoms with Gasteiger partial charge in [0, 0.05) is 36.9 Å². The predicted molar refractivity (Wildman–Crippen MR) is 55.9 cm³/mol. The number of aromatic amines is 1. The molecule has 0 aromatic carbocycles. The molecule has 1 aromatic rings. The normalized spacial score (nSPS) is 28.4. The number of H-pyrrole nitrogens is 1. The third kappa shape index (κ3) is 2.13. The molecule has 0 aliphatic carbocycles. The number of nitrogens with one attached hydrogen (secondary N) is 2. The summed E-state index contributed by atoms with van der Waals surface area (Å²) < 4.78 is 0. The highest BCUT2D eigenvalue weighted by Gasteiger charge is 2.25. The van der Waals surface area contributed by atoms with Crippen LogP contribution in [0.3, 0.4) is 0 Å². The van der Waals surface area contributed by atoms with Crippen LogP contribution >= 0.6 is 0 Å². The Labute approximate surface area is 84.7 Å². The number of rotatable bonds is 3. The first kappa shape index (κ1) is 9.68. The summed E-state index contributed by atoms with van der Waals surface area (Å²) in [6.45, 7) is 4.35. The van der Waals surface area contributed by atoms with Crippen LogP contribution in [0.25, 0.3) is 0 Å². The maximum Gasteiger partial charge on any atom is 0.0532 e. The monoisotopic (exact) mass is 194 g/mol. The molecule has 0 amide bonds. The molecule has 1 fully saturated rings. The minimum absolute atomic E-state index is 0.630. The molecular formula is C10H18N4. The van der Waals surface area contributed by atoms with E-state index in [2.05, 4.69) is 34.4 Å². The minimum atomic E-state index is 0.630. The molecule has 14 heavy (non-hydrogen) atoms. The molecule has 2 heterocycles. The van der Waals surface area contributed by atoms with Gasteiger partial charge in [-0.3, -0.25) is 5.10 Å². The second-order valence-electron chi connectivity index (χ2n) is 4.21. The molecule has 78 valence electrons. The molecule has 0 bridgehead atoms. The van der Waals surface area contributed by atoms with E-state index < -0.39 is 0 Å². The van der Waals surface area contributed by atoms with Crippen molar-refractivity contribution in [2.24, 2.45) is 0 Å². The Morgan fingerprint density at radius 2 is 2.57 bits per heavy atom. The van der Waals surface area contributed by atoms with Crippen LogP contribution in [0.2, 0.25) is 0 Å². The Kier molecular flexibility index (Phi) is 2.84. The standard InChI is InChI=1S/C10H18N4/c1-8-3-10(7-14(8)2)11-4-9-5-12-13-6-9/h5-6,8,10-11H,3-4,7H2,1-2H3,(H,12,13). The van der Waals surface area contributed by atoms with E-state index >= 15 is 0 Å². The van der Waals surface area contributed by atoms with Gasteiger partial charge < -0.3 is 10.2 Å². The smallest absolute Gasteiger partial charge is 0.0532 e. The van der Waals surface area contributed by atoms with Crippen molar-refractivity contribution in [1.82, 2.24) is 20.4 Å². The van der Waals surface area contributed by atoms with Crippen molar-refractivity contribution in [3.05, 3.63) is 18.0 Å². The summed E-state index contributed by atoms with van der Waals surface area (Å²) in [7, 11) is 2.18. The lowest BCUT2D eigenvalue weighted by Gasteiger charge is -2.12. The molecule has 2 unspecified atom stereocenters. The molecule has 0 spiro atoms. The molecule has 0 saturated carbocycles. The zero-order chi connectivity index (χ0) is 9.97. The van der Waals surface area contributed by atoms with Crippen LogP contribution in [0.4, 0.5) is 0 Å². The van der Waals surface area contributed by atoms with E-state index in [1.54, 1.807) is 0 Å². The largest absolute Gasteiger partial charge is 0.308 e. The van der Waals surface area contributed by atoms with Crippen molar-refractivity contribution in [1.29, 1.82) is 0 Å². The van der Waals surface area contributed by atoms with E-state index in [9.17, 15) is 0 Å². The fourth-order valence-electron chi connectivity index (χ4n) is 1.98. The Hall–Kier alpha value is -0.870. The van der Waals surface area contributed by atoms with Crippen LogP contribution in [0.5, 0.6) is 0 Å². The molecule has 1 aromatic heterocycles. The van der Waals surface area contributed by atoms with Gasteiger partial charge in [0.2, 0.25) is 0 Å². The minimum Gasteiger partial charge on any atom is -0.308 e. The maximum absolute atomic E-state index is 3.92. The van der Waals surface area contributed by atoms with E-state index in [-0.39, 0.29) is 0 Å². The van der Waals surface area contributed by atoms with Gasteiger partial charge in [0.15, 0.2) is 0 Å². The van der Waals surface area contributed by atoms with E-state index in [4.69, 9.17) is 0 Å². The third-order valence-corrected chi connectivity index (χ3v) is 3.04. The molecule has 0 radical (unpaired) electrons. The Morgan fingerprint density at radius 3 is 3.14 bits per heavy atom. The van der Waals surface area contributed by atoms with E-state index in [0.29, 0.717) is 12.1 Å². The molecular weight excluding hydrogens is 176 g/mol. The van der Waals surface area contributed by atoms with Crippen LogP contribution in [-0.2, 0) is 6.54 Å². The number of hydrogen-bond acceptors (Lipinski definition) is 3. The molecule has 1 aliphatic heterocycles. The lowest BCUT2D eigenvalue weighted by molar-refractivity contribution is 0.326. The Bertz CT molecular complexity index is 260. The Balaban J connectivity index is 1.77. The SMILES string of the molecule is CC1CC(NCc2cn[nH]c2)CN1C. The van der Waals surface area contributed by atoms with Crippen LogP contribution < -0.4 is 5.32 Å². The zero-order valence-corrected chi connectivity index (χ0v) is 8.83. The average molecular weight is 194 g/mol. The Morgan fingerprint density at radius 1 is 1.71 bits per heavy atom. The molecule has 2 atom stereocenters. The second kappa shape index (κ2) is 4.11. The number of likely N-dealkylation sites (N-methyl/N-ethyl adjacent to an activating group) is 1. The van der Waals surface area contributed by atoms with Gasteiger partial charge in [0.1, 0.15) is 0 Å². The molecule has 1 saturated heterocycles. The first-order valence-corrected chi connectivity index (χ1v) is 5.17. The average Bonchev–Trinajstić information content (AvgIpc) is 2.74.